The van der Waals surface area contributed by atoms with Crippen molar-refractivity contribution in [2.24, 2.45) is 11.8 Å². The van der Waals surface area contributed by atoms with Crippen molar-refractivity contribution in [3.63, 3.8) is 0 Å². The zero-order chi connectivity index (χ0) is 31.5. The minimum absolute atomic E-state index is 0.232. The minimum atomic E-state index is -1.13. The summed E-state index contributed by atoms with van der Waals surface area (Å²) in [4.78, 5) is 58.0. The molecule has 6 atom stereocenters. The van der Waals surface area contributed by atoms with Crippen molar-refractivity contribution in [1.29, 1.82) is 0 Å². The van der Waals surface area contributed by atoms with Crippen LogP contribution >= 0.6 is 0 Å². The monoisotopic (exact) mass is 595 g/mol. The molecule has 2 aliphatic rings. The van der Waals surface area contributed by atoms with Gasteiger partial charge in [0.15, 0.2) is 0 Å². The highest BCUT2D eigenvalue weighted by Gasteiger charge is 2.42. The molecule has 0 unspecified atom stereocenters. The van der Waals surface area contributed by atoms with Crippen molar-refractivity contribution in [2.75, 3.05) is 13.7 Å². The Hall–Kier alpha value is -3.57. The average Bonchev–Trinajstić information content (AvgIpc) is 2.98. The van der Waals surface area contributed by atoms with Crippen LogP contribution in [0.15, 0.2) is 30.5 Å². The number of hydrogen-bond donors (Lipinski definition) is 3. The molecule has 5 bridgehead atoms. The molecule has 2 aliphatic heterocycles. The second-order valence-corrected chi connectivity index (χ2v) is 12.4. The molecule has 43 heavy (non-hydrogen) atoms. The van der Waals surface area contributed by atoms with Crippen LogP contribution in [0.3, 0.4) is 0 Å². The average molecular weight is 596 g/mol. The lowest BCUT2D eigenvalue weighted by molar-refractivity contribution is -0.164. The number of fused-ring (bicyclic) bond motifs is 4. The Bertz CT molecular complexity index is 1370. The van der Waals surface area contributed by atoms with Gasteiger partial charge in [-0.15, -0.1) is 0 Å². The summed E-state index contributed by atoms with van der Waals surface area (Å²) < 4.78 is 11.6. The summed E-state index contributed by atoms with van der Waals surface area (Å²) >= 11 is 0. The van der Waals surface area contributed by atoms with Crippen LogP contribution in [-0.2, 0) is 35.1 Å². The molecule has 234 valence electrons. The van der Waals surface area contributed by atoms with E-state index >= 15 is 0 Å². The Balaban J connectivity index is 1.67. The van der Waals surface area contributed by atoms with E-state index in [1.807, 2.05) is 51.2 Å². The van der Waals surface area contributed by atoms with Crippen LogP contribution in [0.5, 0.6) is 0 Å². The number of rotatable bonds is 2. The lowest BCUT2D eigenvalue weighted by Crippen LogP contribution is -2.65. The lowest BCUT2D eigenvalue weighted by Gasteiger charge is -2.41. The Morgan fingerprint density at radius 1 is 1.05 bits per heavy atom. The number of ether oxygens (including phenoxy) is 2. The van der Waals surface area contributed by atoms with Crippen molar-refractivity contribution >= 4 is 34.5 Å². The number of aryl methyl sites for hydroxylation is 1. The van der Waals surface area contributed by atoms with Crippen LogP contribution < -0.4 is 16.1 Å². The predicted molar refractivity (Wildman–Crippen MR) is 161 cm³/mol. The highest BCUT2D eigenvalue weighted by molar-refractivity contribution is 5.93. The summed E-state index contributed by atoms with van der Waals surface area (Å²) in [7, 11) is 1.57. The van der Waals surface area contributed by atoms with Gasteiger partial charge in [-0.3, -0.25) is 24.4 Å². The molecular formula is C32H45N5O6. The number of cyclic esters (lactones) is 1. The van der Waals surface area contributed by atoms with Crippen molar-refractivity contribution in [3.05, 3.63) is 41.7 Å². The topological polar surface area (TPSA) is 139 Å². The molecule has 11 nitrogen and oxygen atoms in total. The van der Waals surface area contributed by atoms with E-state index in [9.17, 15) is 19.2 Å². The summed E-state index contributed by atoms with van der Waals surface area (Å²) in [6, 6.07) is 6.12. The third-order valence-corrected chi connectivity index (χ3v) is 8.65. The second-order valence-electron chi connectivity index (χ2n) is 12.4. The van der Waals surface area contributed by atoms with Gasteiger partial charge in [-0.1, -0.05) is 32.9 Å². The molecule has 2 aromatic rings. The van der Waals surface area contributed by atoms with Gasteiger partial charge in [-0.25, -0.2) is 10.2 Å². The Morgan fingerprint density at radius 3 is 2.49 bits per heavy atom. The van der Waals surface area contributed by atoms with Crippen LogP contribution in [0, 0.1) is 11.8 Å². The zero-order valence-electron chi connectivity index (χ0n) is 26.2. The number of esters is 1. The van der Waals surface area contributed by atoms with Gasteiger partial charge in [0, 0.05) is 30.9 Å². The first-order chi connectivity index (χ1) is 20.3. The number of hydrogen-bond acceptors (Lipinski definition) is 8. The molecular weight excluding hydrogens is 550 g/mol. The van der Waals surface area contributed by atoms with Crippen molar-refractivity contribution < 1.29 is 28.7 Å². The van der Waals surface area contributed by atoms with E-state index in [1.54, 1.807) is 27.9 Å². The minimum Gasteiger partial charge on any atom is -0.456 e. The SMILES string of the molecule is CO[C@@H]1CCc2cc3cc(ccc3cn2)[C@@H](C)OC(=O)[C@]2(C)CCCN(N2)C(=O)[C@H](C)NC(=O)[C@H](C(C)C)NC(=O)[C@@H]1C. The standard InChI is InChI=1S/C32H45N5O6/c1-18(2)27-29(39)34-20(4)30(40)37-14-8-13-32(6,36-37)31(41)43-21(5)22-9-10-23-17-33-25(16-24(23)15-22)11-12-26(42-7)19(3)28(38)35-27/h9-10,15-21,26-27,36H,8,11-14H2,1-7H3,(H,34,39)(H,35,38)/t19-,20+,21-,26-,27+,32+/m1/s1. The molecule has 0 saturated carbocycles. The lowest BCUT2D eigenvalue weighted by atomic mass is 9.94. The number of nitrogens with zero attached hydrogens (tertiary/aromatic N) is 2. The van der Waals surface area contributed by atoms with E-state index in [2.05, 4.69) is 21.0 Å². The normalized spacial score (nSPS) is 30.0. The first-order valence-electron chi connectivity index (χ1n) is 15.2. The smallest absolute Gasteiger partial charge is 0.328 e. The van der Waals surface area contributed by atoms with E-state index < -0.39 is 47.6 Å². The zero-order valence-corrected chi connectivity index (χ0v) is 26.2. The van der Waals surface area contributed by atoms with Crippen LogP contribution in [0.1, 0.15) is 78.2 Å². The quantitative estimate of drug-likeness (QED) is 0.451. The van der Waals surface area contributed by atoms with Crippen molar-refractivity contribution in [3.8, 4) is 0 Å². The van der Waals surface area contributed by atoms with Crippen molar-refractivity contribution in [2.45, 2.75) is 97.1 Å². The summed E-state index contributed by atoms with van der Waals surface area (Å²) in [5.74, 6) is -2.38. The molecule has 1 aromatic heterocycles. The molecule has 1 fully saturated rings. The van der Waals surface area contributed by atoms with Gasteiger partial charge in [-0.2, -0.15) is 0 Å². The van der Waals surface area contributed by atoms with E-state index in [0.717, 1.165) is 22.0 Å². The van der Waals surface area contributed by atoms with E-state index in [-0.39, 0.29) is 17.7 Å². The summed E-state index contributed by atoms with van der Waals surface area (Å²) in [6.45, 7) is 11.0. The largest absolute Gasteiger partial charge is 0.456 e. The van der Waals surface area contributed by atoms with Gasteiger partial charge >= 0.3 is 5.97 Å². The number of methoxy groups -OCH3 is 1. The summed E-state index contributed by atoms with van der Waals surface area (Å²) in [5.41, 5.74) is 3.63. The number of pyridine rings is 1. The van der Waals surface area contributed by atoms with Crippen molar-refractivity contribution in [1.82, 2.24) is 26.1 Å². The number of nitrogens with one attached hydrogen (secondary N) is 3. The molecule has 0 spiro atoms. The predicted octanol–water partition coefficient (Wildman–Crippen LogP) is 2.97. The van der Waals surface area contributed by atoms with E-state index in [0.29, 0.717) is 32.2 Å². The van der Waals surface area contributed by atoms with Crippen LogP contribution in [-0.4, -0.2) is 71.1 Å². The van der Waals surface area contributed by atoms with Gasteiger partial charge in [0.05, 0.1) is 12.0 Å². The number of carbonyl (C=O) groups is 4. The third-order valence-electron chi connectivity index (χ3n) is 8.65. The first-order valence-corrected chi connectivity index (χ1v) is 15.2. The maximum atomic E-state index is 13.4. The number of aromatic nitrogens is 1. The fraction of sp³-hybridized carbons (Fsp3) is 0.594. The van der Waals surface area contributed by atoms with Gasteiger partial charge in [0.25, 0.3) is 5.91 Å². The van der Waals surface area contributed by atoms with Crippen LogP contribution in [0.2, 0.25) is 0 Å². The molecule has 3 heterocycles. The number of carbonyl (C=O) groups excluding carboxylic acids is 4. The fourth-order valence-corrected chi connectivity index (χ4v) is 5.72. The van der Waals surface area contributed by atoms with Gasteiger partial charge in [0.1, 0.15) is 23.7 Å². The Morgan fingerprint density at radius 2 is 1.79 bits per heavy atom. The van der Waals surface area contributed by atoms with Gasteiger partial charge in [-0.05, 0) is 75.5 Å². The van der Waals surface area contributed by atoms with Gasteiger partial charge in [0.2, 0.25) is 11.8 Å². The summed E-state index contributed by atoms with van der Waals surface area (Å²) in [6.07, 6.45) is 3.06. The molecule has 11 heteroatoms. The maximum absolute atomic E-state index is 13.4. The Labute approximate surface area is 253 Å². The number of hydrazine groups is 1. The van der Waals surface area contributed by atoms with Gasteiger partial charge < -0.3 is 20.1 Å². The first kappa shape index (κ1) is 32.3. The summed E-state index contributed by atoms with van der Waals surface area (Å²) in [5, 5.41) is 8.94. The molecule has 1 saturated heterocycles. The molecule has 3 N–H and O–H groups in total. The molecule has 0 radical (unpaired) electrons. The van der Waals surface area contributed by atoms with Crippen LogP contribution in [0.4, 0.5) is 0 Å². The fourth-order valence-electron chi connectivity index (χ4n) is 5.72. The highest BCUT2D eigenvalue weighted by Crippen LogP contribution is 2.28. The highest BCUT2D eigenvalue weighted by atomic mass is 16.5. The Kier molecular flexibility index (Phi) is 10.1. The van der Waals surface area contributed by atoms with Crippen LogP contribution in [0.25, 0.3) is 10.8 Å². The maximum Gasteiger partial charge on any atom is 0.328 e. The molecule has 3 amide bonds. The molecule has 4 rings (SSSR count). The number of benzene rings is 1. The number of amides is 3. The third kappa shape index (κ3) is 7.33. The van der Waals surface area contributed by atoms with E-state index in [1.165, 1.54) is 5.01 Å². The molecule has 1 aromatic carbocycles. The second kappa shape index (κ2) is 13.4. The molecule has 0 aliphatic carbocycles. The van der Waals surface area contributed by atoms with E-state index in [4.69, 9.17) is 9.47 Å².